The van der Waals surface area contributed by atoms with Gasteiger partial charge in [-0.15, -0.1) is 0 Å². The lowest BCUT2D eigenvalue weighted by Gasteiger charge is -2.22. The fourth-order valence-corrected chi connectivity index (χ4v) is 4.91. The van der Waals surface area contributed by atoms with E-state index in [1.54, 1.807) is 0 Å². The van der Waals surface area contributed by atoms with Crippen molar-refractivity contribution in [1.29, 1.82) is 0 Å². The van der Waals surface area contributed by atoms with Crippen molar-refractivity contribution in [2.24, 2.45) is 0 Å². The predicted molar refractivity (Wildman–Crippen MR) is 135 cm³/mol. The molecular formula is C26H27N5OS. The van der Waals surface area contributed by atoms with Crippen LogP contribution < -0.4 is 10.2 Å². The molecule has 2 heterocycles. The minimum atomic E-state index is -0.0504. The molecule has 1 saturated heterocycles. The van der Waals surface area contributed by atoms with E-state index in [2.05, 4.69) is 57.9 Å². The average molecular weight is 458 g/mol. The van der Waals surface area contributed by atoms with Crippen LogP contribution in [0.4, 0.5) is 15.6 Å². The van der Waals surface area contributed by atoms with Gasteiger partial charge in [0.15, 0.2) is 0 Å². The van der Waals surface area contributed by atoms with E-state index < -0.39 is 0 Å². The second kappa shape index (κ2) is 9.58. The summed E-state index contributed by atoms with van der Waals surface area (Å²) < 4.78 is 4.57. The van der Waals surface area contributed by atoms with E-state index in [0.29, 0.717) is 6.54 Å². The molecule has 0 aliphatic carbocycles. The van der Waals surface area contributed by atoms with Gasteiger partial charge in [0.2, 0.25) is 5.13 Å². The molecule has 168 valence electrons. The molecule has 6 nitrogen and oxygen atoms in total. The summed E-state index contributed by atoms with van der Waals surface area (Å²) in [7, 11) is 0. The molecule has 33 heavy (non-hydrogen) atoms. The molecule has 1 aliphatic heterocycles. The molecule has 4 aromatic rings. The van der Waals surface area contributed by atoms with E-state index in [4.69, 9.17) is 4.98 Å². The maximum Gasteiger partial charge on any atom is 0.321 e. The van der Waals surface area contributed by atoms with E-state index in [1.807, 2.05) is 35.2 Å². The highest BCUT2D eigenvalue weighted by atomic mass is 32.1. The Kier molecular flexibility index (Phi) is 6.21. The van der Waals surface area contributed by atoms with Gasteiger partial charge in [-0.25, -0.2) is 9.78 Å². The highest BCUT2D eigenvalue weighted by Gasteiger charge is 2.22. The lowest BCUT2D eigenvalue weighted by molar-refractivity contribution is 0.215. The molecule has 1 fully saturated rings. The molecule has 1 aromatic heterocycles. The normalized spacial score (nSPS) is 14.3. The third kappa shape index (κ3) is 4.98. The van der Waals surface area contributed by atoms with Crippen LogP contribution in [0.3, 0.4) is 0 Å². The van der Waals surface area contributed by atoms with Crippen LogP contribution in [0.5, 0.6) is 0 Å². The van der Waals surface area contributed by atoms with Crippen LogP contribution in [0.25, 0.3) is 10.8 Å². The number of rotatable bonds is 4. The number of amides is 2. The summed E-state index contributed by atoms with van der Waals surface area (Å²) in [6.45, 7) is 5.10. The number of urea groups is 1. The van der Waals surface area contributed by atoms with Crippen molar-refractivity contribution in [3.8, 4) is 0 Å². The van der Waals surface area contributed by atoms with Gasteiger partial charge in [0, 0.05) is 49.5 Å². The van der Waals surface area contributed by atoms with E-state index in [1.165, 1.54) is 22.7 Å². The number of carbonyl (C=O) groups excluding carboxylic acids is 1. The minimum absolute atomic E-state index is 0.0504. The smallest absolute Gasteiger partial charge is 0.321 e. The second-order valence-electron chi connectivity index (χ2n) is 8.44. The van der Waals surface area contributed by atoms with Crippen LogP contribution >= 0.6 is 11.5 Å². The molecule has 0 spiro atoms. The van der Waals surface area contributed by atoms with Crippen molar-refractivity contribution in [3.05, 3.63) is 83.7 Å². The Morgan fingerprint density at radius 1 is 0.970 bits per heavy atom. The molecule has 0 atom stereocenters. The molecule has 0 bridgehead atoms. The Hall–Kier alpha value is -3.45. The van der Waals surface area contributed by atoms with Crippen molar-refractivity contribution in [1.82, 2.24) is 14.3 Å². The Bertz CT molecular complexity index is 1250. The molecule has 7 heteroatoms. The Morgan fingerprint density at radius 2 is 1.79 bits per heavy atom. The standard InChI is InChI=1S/C26H27N5OS/c1-19-10-12-20(13-11-19)18-24-28-26(33-29-24)31-15-5-14-30(16-17-31)25(32)27-23-9-4-7-21-6-2-3-8-22(21)23/h2-4,6-13H,5,14-18H2,1H3,(H,27,32). The summed E-state index contributed by atoms with van der Waals surface area (Å²) in [5.41, 5.74) is 3.32. The number of nitrogens with one attached hydrogen (secondary N) is 1. The largest absolute Gasteiger partial charge is 0.345 e. The number of aromatic nitrogens is 2. The second-order valence-corrected chi connectivity index (χ2v) is 9.17. The monoisotopic (exact) mass is 457 g/mol. The number of nitrogens with zero attached hydrogens (tertiary/aromatic N) is 4. The first-order valence-electron chi connectivity index (χ1n) is 11.3. The summed E-state index contributed by atoms with van der Waals surface area (Å²) >= 11 is 1.45. The van der Waals surface area contributed by atoms with Gasteiger partial charge >= 0.3 is 6.03 Å². The van der Waals surface area contributed by atoms with Crippen LogP contribution in [0.15, 0.2) is 66.7 Å². The zero-order chi connectivity index (χ0) is 22.6. The number of fused-ring (bicyclic) bond motifs is 1. The van der Waals surface area contributed by atoms with E-state index in [-0.39, 0.29) is 6.03 Å². The first-order valence-corrected chi connectivity index (χ1v) is 12.1. The Morgan fingerprint density at radius 3 is 2.67 bits per heavy atom. The Balaban J connectivity index is 1.21. The zero-order valence-electron chi connectivity index (χ0n) is 18.7. The van der Waals surface area contributed by atoms with Crippen LogP contribution in [-0.2, 0) is 6.42 Å². The lowest BCUT2D eigenvalue weighted by Crippen LogP contribution is -2.38. The van der Waals surface area contributed by atoms with E-state index >= 15 is 0 Å². The first kappa shape index (κ1) is 21.4. The maximum absolute atomic E-state index is 13.0. The zero-order valence-corrected chi connectivity index (χ0v) is 19.5. The van der Waals surface area contributed by atoms with Gasteiger partial charge < -0.3 is 15.1 Å². The molecule has 0 saturated carbocycles. The van der Waals surface area contributed by atoms with Crippen molar-refractivity contribution >= 4 is 39.2 Å². The number of aryl methyl sites for hydroxylation is 1. The van der Waals surface area contributed by atoms with Crippen molar-refractivity contribution in [2.75, 3.05) is 36.4 Å². The van der Waals surface area contributed by atoms with Gasteiger partial charge in [0.25, 0.3) is 0 Å². The van der Waals surface area contributed by atoms with Crippen molar-refractivity contribution in [2.45, 2.75) is 19.8 Å². The SMILES string of the molecule is Cc1ccc(Cc2nsc(N3CCCN(C(=O)Nc4cccc5ccccc45)CC3)n2)cc1. The highest BCUT2D eigenvalue weighted by Crippen LogP contribution is 2.24. The van der Waals surface area contributed by atoms with Crippen LogP contribution in [0.1, 0.15) is 23.4 Å². The number of hydrogen-bond donors (Lipinski definition) is 1. The van der Waals surface area contributed by atoms with E-state index in [9.17, 15) is 4.79 Å². The molecule has 1 aliphatic rings. The quantitative estimate of drug-likeness (QED) is 0.450. The van der Waals surface area contributed by atoms with Gasteiger partial charge in [-0.05, 0) is 30.4 Å². The molecule has 0 radical (unpaired) electrons. The summed E-state index contributed by atoms with van der Waals surface area (Å²) in [5, 5.41) is 6.23. The maximum atomic E-state index is 13.0. The van der Waals surface area contributed by atoms with Gasteiger partial charge in [0.05, 0.1) is 5.69 Å². The number of anilines is 2. The van der Waals surface area contributed by atoms with Gasteiger partial charge in [-0.3, -0.25) is 0 Å². The summed E-state index contributed by atoms with van der Waals surface area (Å²) in [6, 6.07) is 22.6. The fourth-order valence-electron chi connectivity index (χ4n) is 4.17. The van der Waals surface area contributed by atoms with Crippen molar-refractivity contribution < 1.29 is 4.79 Å². The Labute approximate surface area is 198 Å². The molecule has 0 unspecified atom stereocenters. The summed E-state index contributed by atoms with van der Waals surface area (Å²) in [6.07, 6.45) is 1.64. The van der Waals surface area contributed by atoms with Crippen LogP contribution in [-0.4, -0.2) is 46.5 Å². The lowest BCUT2D eigenvalue weighted by atomic mass is 10.1. The average Bonchev–Trinajstić information content (AvgIpc) is 3.15. The predicted octanol–water partition coefficient (Wildman–Crippen LogP) is 5.33. The van der Waals surface area contributed by atoms with Crippen molar-refractivity contribution in [3.63, 3.8) is 0 Å². The molecule has 5 rings (SSSR count). The molecule has 3 aromatic carbocycles. The number of hydrogen-bond acceptors (Lipinski definition) is 5. The summed E-state index contributed by atoms with van der Waals surface area (Å²) in [5.74, 6) is 0.855. The third-order valence-electron chi connectivity index (χ3n) is 6.03. The topological polar surface area (TPSA) is 61.4 Å². The van der Waals surface area contributed by atoms with Crippen LogP contribution in [0, 0.1) is 6.92 Å². The van der Waals surface area contributed by atoms with Gasteiger partial charge in [0.1, 0.15) is 5.82 Å². The summed E-state index contributed by atoms with van der Waals surface area (Å²) in [4.78, 5) is 21.9. The van der Waals surface area contributed by atoms with Crippen LogP contribution in [0.2, 0.25) is 0 Å². The van der Waals surface area contributed by atoms with Gasteiger partial charge in [-0.1, -0.05) is 66.2 Å². The minimum Gasteiger partial charge on any atom is -0.345 e. The third-order valence-corrected chi connectivity index (χ3v) is 6.84. The number of carbonyl (C=O) groups is 1. The first-order chi connectivity index (χ1) is 16.2. The molecular weight excluding hydrogens is 430 g/mol. The fraction of sp³-hybridized carbons (Fsp3) is 0.269. The molecule has 1 N–H and O–H groups in total. The number of benzene rings is 3. The molecule has 2 amide bonds. The highest BCUT2D eigenvalue weighted by molar-refractivity contribution is 7.09. The van der Waals surface area contributed by atoms with E-state index in [0.717, 1.165) is 59.9 Å². The van der Waals surface area contributed by atoms with Gasteiger partial charge in [-0.2, -0.15) is 4.37 Å².